The van der Waals surface area contributed by atoms with Gasteiger partial charge in [-0.05, 0) is 0 Å². The van der Waals surface area contributed by atoms with E-state index in [4.69, 9.17) is 59.0 Å². The average molecular weight is 1230 g/mol. The molecule has 13 N–H and O–H groups in total. The van der Waals surface area contributed by atoms with Crippen LogP contribution in [-0.4, -0.2) is 192 Å². The fourth-order valence-corrected chi connectivity index (χ4v) is 15.3. The molecule has 0 radical (unpaired) electrons. The van der Waals surface area contributed by atoms with Crippen LogP contribution in [0.15, 0.2) is 34.9 Å². The monoisotopic (exact) mass is 1230 g/mol. The maximum absolute atomic E-state index is 13.6. The van der Waals surface area contributed by atoms with E-state index in [2.05, 4.69) is 48.5 Å². The molecule has 4 fully saturated rings. The Hall–Kier alpha value is -5.29. The molecule has 7 unspecified atom stereocenters. The van der Waals surface area contributed by atoms with E-state index in [1.54, 1.807) is 0 Å². The number of hydrogen-bond donors (Lipinski definition) is 10. The first kappa shape index (κ1) is 57.9. The number of fused-ring (bicyclic) bond motifs is 5. The normalized spacial score (nSPS) is 30.6. The lowest BCUT2D eigenvalue weighted by atomic mass is 10.0. The first-order chi connectivity index (χ1) is 37.5. The van der Waals surface area contributed by atoms with Crippen LogP contribution in [0.25, 0.3) is 33.5 Å². The van der Waals surface area contributed by atoms with Crippen molar-refractivity contribution in [1.82, 2.24) is 57.9 Å². The zero-order valence-electron chi connectivity index (χ0n) is 41.3. The number of sulfonamides is 1. The Morgan fingerprint density at radius 3 is 2.17 bits per heavy atom. The number of imidazole rings is 3. The second kappa shape index (κ2) is 21.2. The SMILES string of the molecule is CO[C@@H]1C2[C@H]([n+]3cn(C)c4c(=O)[nH]c(N)nc43)O[C@@]1(COP(=O)(O)OP(=O)(O)OP(=O)(O)OC[C@H]1O[C@@H](n3cnc4c(N)ncnc43)[C@@H](OC)C1O[P+](=O)OC[C@H]1O[C@@H](n3cnc4c(=O)[nH]c(N)nc43)[C@@H](O)C1O)CN2S(C)(=O)=O. The average Bonchev–Trinajstić information content (AvgIpc) is 4.44. The number of aromatic amines is 2. The Balaban J connectivity index is 0.821. The van der Waals surface area contributed by atoms with Crippen LogP contribution >= 0.6 is 31.7 Å². The summed E-state index contributed by atoms with van der Waals surface area (Å²) in [6, 6.07) is -1.27. The van der Waals surface area contributed by atoms with Crippen LogP contribution in [0, 0.1) is 0 Å². The molecule has 40 nitrogen and oxygen atoms in total. The van der Waals surface area contributed by atoms with Crippen molar-refractivity contribution in [3.8, 4) is 0 Å². The van der Waals surface area contributed by atoms with Crippen LogP contribution < -0.4 is 32.9 Å². The topological polar surface area (TPSA) is 548 Å². The minimum atomic E-state index is -6.23. The van der Waals surface area contributed by atoms with Crippen molar-refractivity contribution in [1.29, 1.82) is 0 Å². The van der Waals surface area contributed by atoms with Crippen LogP contribution in [0.5, 0.6) is 0 Å². The zero-order chi connectivity index (χ0) is 57.8. The molecule has 4 saturated heterocycles. The van der Waals surface area contributed by atoms with Gasteiger partial charge < -0.3 is 65.8 Å². The van der Waals surface area contributed by atoms with Gasteiger partial charge in [0.15, 0.2) is 47.5 Å². The predicted octanol–water partition coefficient (Wildman–Crippen LogP) is -3.85. The molecular formula is C35H48N16O24P4S+2. The Labute approximate surface area is 446 Å². The number of hydrogen-bond acceptors (Lipinski definition) is 30. The number of aromatic nitrogens is 12. The van der Waals surface area contributed by atoms with E-state index in [0.29, 0.717) is 0 Å². The summed E-state index contributed by atoms with van der Waals surface area (Å²) in [6.45, 7) is -3.62. The van der Waals surface area contributed by atoms with E-state index in [9.17, 15) is 61.2 Å². The Morgan fingerprint density at radius 2 is 1.49 bits per heavy atom. The fourth-order valence-electron chi connectivity index (χ4n) is 9.83. The van der Waals surface area contributed by atoms with E-state index >= 15 is 0 Å². The summed E-state index contributed by atoms with van der Waals surface area (Å²) >= 11 is 0. The number of phosphoric ester groups is 2. The number of morpholine rings is 1. The first-order valence-electron chi connectivity index (χ1n) is 22.8. The van der Waals surface area contributed by atoms with Gasteiger partial charge >= 0.3 is 37.4 Å². The van der Waals surface area contributed by atoms with Gasteiger partial charge in [0, 0.05) is 25.3 Å². The molecule has 45 heteroatoms. The van der Waals surface area contributed by atoms with Crippen molar-refractivity contribution >= 4 is 93.0 Å². The summed E-state index contributed by atoms with van der Waals surface area (Å²) in [5.41, 5.74) is 13.9. The van der Waals surface area contributed by atoms with E-state index < -0.39 is 152 Å². The standard InChI is InChI=1S/C35H46N16O24P4S/c1-47-12-50(27-18(47)29(55)46-34(38)44-27)30-17-23(66-3)35(72-30,7-51(17)80(4,63)64)8-69-78(59,60)75-79(61,62)74-77(57,58)68-6-14-21(22(65-2)32(71-14)48-10-41-15-24(36)39-9-40-25(15)48)73-76(56)67-5-13-19(52)20(53)31(70-13)49-11-42-16-26(49)43-33(37)45-28(16)54/h9-14,17,19-23,30-32,52-53H,5-8H2,1-4H3,(H9-2,36,37,38,39,40,43,44,45,46,54,55,57,58,59,60,61,62)/p+2/t13-,14-,17?,19?,20+,21?,22+,23-,30-,31-,32-,35-/m1/s1. The number of aryl methyl sites for hydroxylation is 1. The maximum atomic E-state index is 13.6. The number of methoxy groups -OCH3 is 2. The number of nitrogens with two attached hydrogens (primary N) is 3. The van der Waals surface area contributed by atoms with Crippen molar-refractivity contribution in [2.75, 3.05) is 64.0 Å². The number of phosphoric acid groups is 3. The number of H-pyrrole nitrogens is 2. The highest BCUT2D eigenvalue weighted by molar-refractivity contribution is 7.88. The fraction of sp³-hybridized carbons (Fsp3) is 0.571. The van der Waals surface area contributed by atoms with Gasteiger partial charge in [0.2, 0.25) is 27.7 Å². The van der Waals surface area contributed by atoms with Crippen LogP contribution in [0.2, 0.25) is 0 Å². The summed E-state index contributed by atoms with van der Waals surface area (Å²) in [4.78, 5) is 86.2. The number of aliphatic hydroxyl groups excluding tert-OH is 2. The summed E-state index contributed by atoms with van der Waals surface area (Å²) in [5.74, 6) is -0.647. The number of nitrogens with one attached hydrogen (secondary N) is 2. The van der Waals surface area contributed by atoms with Gasteiger partial charge in [-0.25, -0.2) is 46.6 Å². The van der Waals surface area contributed by atoms with Crippen LogP contribution in [0.1, 0.15) is 18.7 Å². The van der Waals surface area contributed by atoms with Crippen molar-refractivity contribution < 1.29 is 107 Å². The molecule has 10 rings (SSSR count). The summed E-state index contributed by atoms with van der Waals surface area (Å²) < 4.78 is 145. The molecule has 0 saturated carbocycles. The number of ether oxygens (including phenoxy) is 5. The number of anilines is 3. The lowest BCUT2D eigenvalue weighted by Gasteiger charge is -2.34. The summed E-state index contributed by atoms with van der Waals surface area (Å²) in [5, 5.41) is 21.8. The minimum absolute atomic E-state index is 0.00798. The third-order valence-corrected chi connectivity index (χ3v) is 19.3. The van der Waals surface area contributed by atoms with Crippen molar-refractivity contribution in [2.24, 2.45) is 7.05 Å². The molecule has 0 spiro atoms. The molecule has 0 amide bonds. The lowest BCUT2D eigenvalue weighted by molar-refractivity contribution is -0.747. The highest BCUT2D eigenvalue weighted by Gasteiger charge is 2.69. The lowest BCUT2D eigenvalue weighted by Crippen LogP contribution is -2.56. The van der Waals surface area contributed by atoms with Gasteiger partial charge in [-0.3, -0.25) is 42.3 Å². The third-order valence-electron chi connectivity index (χ3n) is 13.1. The van der Waals surface area contributed by atoms with Gasteiger partial charge in [-0.2, -0.15) is 17.9 Å². The molecule has 6 aromatic rings. The number of rotatable bonds is 21. The molecule has 4 aliphatic heterocycles. The van der Waals surface area contributed by atoms with E-state index in [-0.39, 0.29) is 51.2 Å². The molecule has 4 aliphatic rings. The molecule has 80 heavy (non-hydrogen) atoms. The first-order valence-corrected chi connectivity index (χ1v) is 30.2. The Kier molecular flexibility index (Phi) is 15.3. The largest absolute Gasteiger partial charge is 0.697 e. The zero-order valence-corrected chi connectivity index (χ0v) is 45.7. The highest BCUT2D eigenvalue weighted by Crippen LogP contribution is 2.68. The van der Waals surface area contributed by atoms with E-state index in [1.165, 1.54) is 33.4 Å². The minimum Gasteiger partial charge on any atom is -0.387 e. The van der Waals surface area contributed by atoms with Crippen LogP contribution in [0.3, 0.4) is 0 Å². The highest BCUT2D eigenvalue weighted by atomic mass is 32.2. The number of nitrogens with zero attached hydrogens (tertiary/aromatic N) is 11. The Morgan fingerprint density at radius 1 is 0.838 bits per heavy atom. The molecule has 0 aromatic carbocycles. The third kappa shape index (κ3) is 10.7. The quantitative estimate of drug-likeness (QED) is 0.0244. The van der Waals surface area contributed by atoms with Crippen LogP contribution in [0.4, 0.5) is 17.7 Å². The predicted molar refractivity (Wildman–Crippen MR) is 260 cm³/mol. The molecule has 0 aliphatic carbocycles. The molecule has 6 aromatic heterocycles. The molecule has 10 heterocycles. The van der Waals surface area contributed by atoms with Crippen LogP contribution in [-0.2, 0) is 85.7 Å². The summed E-state index contributed by atoms with van der Waals surface area (Å²) in [7, 11) is -21.8. The van der Waals surface area contributed by atoms with Gasteiger partial charge in [-0.1, -0.05) is 4.98 Å². The van der Waals surface area contributed by atoms with Crippen molar-refractivity contribution in [3.63, 3.8) is 0 Å². The van der Waals surface area contributed by atoms with Gasteiger partial charge in [0.1, 0.15) is 66.7 Å². The van der Waals surface area contributed by atoms with Crippen molar-refractivity contribution in [2.45, 2.75) is 73.1 Å². The van der Waals surface area contributed by atoms with Crippen molar-refractivity contribution in [3.05, 3.63) is 46.0 Å². The molecular weight excluding hydrogens is 1180 g/mol. The molecule has 436 valence electrons. The van der Waals surface area contributed by atoms with Gasteiger partial charge in [0.25, 0.3) is 17.1 Å². The second-order valence-electron chi connectivity index (χ2n) is 18.2. The number of nitrogen functional groups attached to an aromatic ring is 3. The van der Waals surface area contributed by atoms with Gasteiger partial charge in [-0.15, -0.1) is 9.05 Å². The molecule has 2 bridgehead atoms. The van der Waals surface area contributed by atoms with Gasteiger partial charge in [0.05, 0.1) is 39.2 Å². The maximum Gasteiger partial charge on any atom is 0.697 e. The summed E-state index contributed by atoms with van der Waals surface area (Å²) in [6.07, 6.45) is -9.47. The molecule has 16 atom stereocenters. The smallest absolute Gasteiger partial charge is 0.387 e. The van der Waals surface area contributed by atoms with E-state index in [0.717, 1.165) is 42.0 Å². The number of aliphatic hydroxyl groups is 2. The van der Waals surface area contributed by atoms with E-state index in [1.807, 2.05) is 0 Å². The Bertz CT molecular complexity index is 3810. The second-order valence-corrected chi connectivity index (χ2v) is 25.7.